The molecule has 6 nitrogen and oxygen atoms in total. The molecule has 0 radical (unpaired) electrons. The highest BCUT2D eigenvalue weighted by Gasteiger charge is 2.23. The van der Waals surface area contributed by atoms with Crippen LogP contribution in [0.25, 0.3) is 0 Å². The number of amides is 1. The van der Waals surface area contributed by atoms with Crippen LogP contribution in [0.2, 0.25) is 0 Å². The van der Waals surface area contributed by atoms with Crippen molar-refractivity contribution in [3.05, 3.63) is 53.3 Å². The Balaban J connectivity index is 1.92. The zero-order valence-corrected chi connectivity index (χ0v) is 13.4. The average Bonchev–Trinajstić information content (AvgIpc) is 2.70. The van der Waals surface area contributed by atoms with E-state index in [-0.39, 0.29) is 22.7 Å². The van der Waals surface area contributed by atoms with E-state index in [1.807, 2.05) is 0 Å². The van der Waals surface area contributed by atoms with Crippen molar-refractivity contribution >= 4 is 27.3 Å². The lowest BCUT2D eigenvalue weighted by Crippen LogP contribution is -2.25. The van der Waals surface area contributed by atoms with Crippen LogP contribution in [0.15, 0.2) is 35.2 Å². The highest BCUT2D eigenvalue weighted by molar-refractivity contribution is 7.89. The molecule has 132 valence electrons. The first kappa shape index (κ1) is 17.2. The van der Waals surface area contributed by atoms with Crippen LogP contribution in [0.1, 0.15) is 10.4 Å². The third-order valence-electron chi connectivity index (χ3n) is 3.51. The van der Waals surface area contributed by atoms with Crippen LogP contribution < -0.4 is 15.4 Å². The quantitative estimate of drug-likeness (QED) is 0.706. The molecule has 10 heteroatoms. The molecule has 3 rings (SSSR count). The second-order valence-electron chi connectivity index (χ2n) is 5.24. The molecule has 3 N–H and O–H groups in total. The van der Waals surface area contributed by atoms with Crippen LogP contribution >= 0.6 is 0 Å². The van der Waals surface area contributed by atoms with Crippen molar-refractivity contribution in [2.45, 2.75) is 4.90 Å². The van der Waals surface area contributed by atoms with E-state index in [2.05, 4.69) is 15.4 Å². The fourth-order valence-electron chi connectivity index (χ4n) is 2.32. The summed E-state index contributed by atoms with van der Waals surface area (Å²) in [6.45, 7) is 0.568. The van der Waals surface area contributed by atoms with E-state index < -0.39 is 33.4 Å². The molecule has 0 fully saturated rings. The first-order valence-electron chi connectivity index (χ1n) is 7.11. The average molecular weight is 371 g/mol. The van der Waals surface area contributed by atoms with Crippen LogP contribution in [-0.4, -0.2) is 27.4 Å². The van der Waals surface area contributed by atoms with Gasteiger partial charge in [-0.15, -0.1) is 0 Å². The Kier molecular flexibility index (Phi) is 4.39. The summed E-state index contributed by atoms with van der Waals surface area (Å²) < 4.78 is 66.0. The highest BCUT2D eigenvalue weighted by Crippen LogP contribution is 2.25. The number of anilines is 2. The third kappa shape index (κ3) is 3.44. The number of rotatable bonds is 2. The van der Waals surface area contributed by atoms with Crippen molar-refractivity contribution in [1.29, 1.82) is 0 Å². The van der Waals surface area contributed by atoms with E-state index in [1.165, 1.54) is 12.1 Å². The maximum Gasteiger partial charge on any atom is 0.255 e. The number of hydrogen-bond donors (Lipinski definition) is 3. The van der Waals surface area contributed by atoms with Gasteiger partial charge in [0.15, 0.2) is 17.5 Å². The molecule has 0 saturated carbocycles. The van der Waals surface area contributed by atoms with Gasteiger partial charge in [0.05, 0.1) is 5.69 Å². The SMILES string of the molecule is O=C(Nc1cc(F)c(F)c(F)c1)c1ccc2c(c1)S(=O)(=O)NCCN2. The molecule has 1 heterocycles. The number of benzene rings is 2. The van der Waals surface area contributed by atoms with Gasteiger partial charge < -0.3 is 10.6 Å². The van der Waals surface area contributed by atoms with Crippen molar-refractivity contribution in [3.8, 4) is 0 Å². The number of fused-ring (bicyclic) bond motifs is 1. The number of nitrogens with one attached hydrogen (secondary N) is 3. The fraction of sp³-hybridized carbons (Fsp3) is 0.133. The van der Waals surface area contributed by atoms with Gasteiger partial charge in [-0.05, 0) is 18.2 Å². The van der Waals surface area contributed by atoms with E-state index in [0.29, 0.717) is 24.4 Å². The second kappa shape index (κ2) is 6.37. The Morgan fingerprint density at radius 2 is 1.72 bits per heavy atom. The van der Waals surface area contributed by atoms with Gasteiger partial charge in [0.25, 0.3) is 5.91 Å². The summed E-state index contributed by atoms with van der Waals surface area (Å²) in [4.78, 5) is 12.1. The van der Waals surface area contributed by atoms with Gasteiger partial charge >= 0.3 is 0 Å². The van der Waals surface area contributed by atoms with E-state index in [1.54, 1.807) is 0 Å². The summed E-state index contributed by atoms with van der Waals surface area (Å²) in [7, 11) is -3.79. The Bertz CT molecular complexity index is 941. The van der Waals surface area contributed by atoms with Gasteiger partial charge in [0.2, 0.25) is 10.0 Å². The van der Waals surface area contributed by atoms with Crippen LogP contribution in [0.5, 0.6) is 0 Å². The minimum absolute atomic E-state index is 0.0435. The molecular formula is C15H12F3N3O3S. The largest absolute Gasteiger partial charge is 0.383 e. The van der Waals surface area contributed by atoms with Gasteiger partial charge in [-0.25, -0.2) is 26.3 Å². The molecule has 0 bridgehead atoms. The summed E-state index contributed by atoms with van der Waals surface area (Å²) in [5, 5.41) is 5.10. The molecule has 25 heavy (non-hydrogen) atoms. The predicted molar refractivity (Wildman–Crippen MR) is 84.4 cm³/mol. The lowest BCUT2D eigenvalue weighted by molar-refractivity contribution is 0.102. The Morgan fingerprint density at radius 3 is 2.40 bits per heavy atom. The van der Waals surface area contributed by atoms with Gasteiger partial charge in [-0.1, -0.05) is 0 Å². The van der Waals surface area contributed by atoms with Crippen molar-refractivity contribution in [1.82, 2.24) is 4.72 Å². The predicted octanol–water partition coefficient (Wildman–Crippen LogP) is 2.06. The molecule has 1 amide bonds. The lowest BCUT2D eigenvalue weighted by atomic mass is 10.2. The minimum Gasteiger partial charge on any atom is -0.383 e. The van der Waals surface area contributed by atoms with Crippen LogP contribution in [0.4, 0.5) is 24.5 Å². The molecule has 1 aliphatic rings. The maximum absolute atomic E-state index is 13.2. The number of carbonyl (C=O) groups excluding carboxylic acids is 1. The Morgan fingerprint density at radius 1 is 1.04 bits per heavy atom. The van der Waals surface area contributed by atoms with Gasteiger partial charge in [0, 0.05) is 36.5 Å². The lowest BCUT2D eigenvalue weighted by Gasteiger charge is -2.10. The molecule has 0 atom stereocenters. The molecule has 0 aromatic heterocycles. The van der Waals surface area contributed by atoms with Crippen molar-refractivity contribution in [2.24, 2.45) is 0 Å². The molecule has 0 saturated heterocycles. The van der Waals surface area contributed by atoms with Gasteiger partial charge in [-0.2, -0.15) is 0 Å². The maximum atomic E-state index is 13.2. The van der Waals surface area contributed by atoms with E-state index >= 15 is 0 Å². The van der Waals surface area contributed by atoms with Crippen molar-refractivity contribution < 1.29 is 26.4 Å². The zero-order valence-electron chi connectivity index (χ0n) is 12.6. The topological polar surface area (TPSA) is 87.3 Å². The van der Waals surface area contributed by atoms with Crippen LogP contribution in [0.3, 0.4) is 0 Å². The summed E-state index contributed by atoms with van der Waals surface area (Å²) in [6, 6.07) is 5.17. The molecular weight excluding hydrogens is 359 g/mol. The van der Waals surface area contributed by atoms with Crippen LogP contribution in [-0.2, 0) is 10.0 Å². The standard InChI is InChI=1S/C15H12F3N3O3S/c16-10-6-9(7-11(17)14(10)18)21-15(22)8-1-2-12-13(5-8)25(23,24)20-4-3-19-12/h1-2,5-7,19-20H,3-4H2,(H,21,22). The van der Waals surface area contributed by atoms with E-state index in [0.717, 1.165) is 6.07 Å². The Hall–Kier alpha value is -2.59. The summed E-state index contributed by atoms with van der Waals surface area (Å²) in [6.07, 6.45) is 0. The highest BCUT2D eigenvalue weighted by atomic mass is 32.2. The minimum atomic E-state index is -3.79. The van der Waals surface area contributed by atoms with E-state index in [4.69, 9.17) is 0 Å². The first-order chi connectivity index (χ1) is 11.8. The molecule has 0 aliphatic carbocycles. The molecule has 2 aromatic rings. The van der Waals surface area contributed by atoms with E-state index in [9.17, 15) is 26.4 Å². The summed E-state index contributed by atoms with van der Waals surface area (Å²) >= 11 is 0. The molecule has 2 aromatic carbocycles. The number of sulfonamides is 1. The monoisotopic (exact) mass is 371 g/mol. The van der Waals surface area contributed by atoms with Crippen LogP contribution in [0, 0.1) is 17.5 Å². The smallest absolute Gasteiger partial charge is 0.255 e. The summed E-state index contributed by atoms with van der Waals surface area (Å²) in [5.74, 6) is -5.35. The number of carbonyl (C=O) groups is 1. The Labute approximate surface area is 141 Å². The summed E-state index contributed by atoms with van der Waals surface area (Å²) in [5.41, 5.74) is -0.00571. The van der Waals surface area contributed by atoms with Gasteiger partial charge in [0.1, 0.15) is 4.90 Å². The van der Waals surface area contributed by atoms with Crippen molar-refractivity contribution in [3.63, 3.8) is 0 Å². The zero-order chi connectivity index (χ0) is 18.2. The fourth-order valence-corrected chi connectivity index (χ4v) is 3.56. The number of halogens is 3. The molecule has 1 aliphatic heterocycles. The van der Waals surface area contributed by atoms with Crippen molar-refractivity contribution in [2.75, 3.05) is 23.7 Å². The van der Waals surface area contributed by atoms with Gasteiger partial charge in [-0.3, -0.25) is 4.79 Å². The molecule has 0 spiro atoms. The third-order valence-corrected chi connectivity index (χ3v) is 5.01. The normalized spacial score (nSPS) is 15.6. The second-order valence-corrected chi connectivity index (χ2v) is 6.98. The molecule has 0 unspecified atom stereocenters. The number of hydrogen-bond acceptors (Lipinski definition) is 4. The first-order valence-corrected chi connectivity index (χ1v) is 8.60.